The molecule has 1 aliphatic heterocycles. The first-order chi connectivity index (χ1) is 11.1. The first-order valence-electron chi connectivity index (χ1n) is 8.54. The third-order valence-corrected chi connectivity index (χ3v) is 4.63. The smallest absolute Gasteiger partial charge is 0.251 e. The molecule has 2 fully saturated rings. The van der Waals surface area contributed by atoms with Crippen molar-refractivity contribution >= 4 is 17.5 Å². The number of aryl methyl sites for hydroxylation is 1. The molecule has 0 spiro atoms. The number of amides is 2. The molecule has 23 heavy (non-hydrogen) atoms. The summed E-state index contributed by atoms with van der Waals surface area (Å²) in [6.07, 6.45) is 4.74. The van der Waals surface area contributed by atoms with Gasteiger partial charge in [0.2, 0.25) is 5.91 Å². The Kier molecular flexibility index (Phi) is 4.96. The van der Waals surface area contributed by atoms with Crippen LogP contribution in [0.2, 0.25) is 0 Å². The van der Waals surface area contributed by atoms with E-state index >= 15 is 0 Å². The average Bonchev–Trinajstić information content (AvgIpc) is 3.19. The molecule has 2 amide bonds. The highest BCUT2D eigenvalue weighted by Crippen LogP contribution is 2.22. The lowest BCUT2D eigenvalue weighted by molar-refractivity contribution is -0.116. The van der Waals surface area contributed by atoms with Crippen LogP contribution in [0.1, 0.15) is 48.0 Å². The normalized spacial score (nSPS) is 20.3. The van der Waals surface area contributed by atoms with Crippen LogP contribution in [-0.4, -0.2) is 30.9 Å². The summed E-state index contributed by atoms with van der Waals surface area (Å²) < 4.78 is 0. The van der Waals surface area contributed by atoms with Crippen molar-refractivity contribution in [2.75, 3.05) is 18.4 Å². The van der Waals surface area contributed by atoms with Gasteiger partial charge in [0.15, 0.2) is 0 Å². The average molecular weight is 315 g/mol. The largest absolute Gasteiger partial charge is 0.349 e. The highest BCUT2D eigenvalue weighted by Gasteiger charge is 2.24. The molecule has 0 bridgehead atoms. The summed E-state index contributed by atoms with van der Waals surface area (Å²) >= 11 is 0. The van der Waals surface area contributed by atoms with E-state index < -0.39 is 0 Å². The summed E-state index contributed by atoms with van der Waals surface area (Å²) in [6, 6.07) is 5.81. The van der Waals surface area contributed by atoms with Gasteiger partial charge in [0, 0.05) is 23.7 Å². The maximum Gasteiger partial charge on any atom is 0.251 e. The van der Waals surface area contributed by atoms with E-state index in [-0.39, 0.29) is 11.8 Å². The van der Waals surface area contributed by atoms with Gasteiger partial charge in [-0.3, -0.25) is 9.59 Å². The molecule has 5 heteroatoms. The molecule has 124 valence electrons. The Hall–Kier alpha value is -1.88. The van der Waals surface area contributed by atoms with Crippen LogP contribution in [0, 0.1) is 12.8 Å². The second-order valence-electron chi connectivity index (χ2n) is 6.72. The quantitative estimate of drug-likeness (QED) is 0.754. The fourth-order valence-electron chi connectivity index (χ4n) is 2.90. The van der Waals surface area contributed by atoms with Crippen LogP contribution < -0.4 is 16.0 Å². The summed E-state index contributed by atoms with van der Waals surface area (Å²) in [4.78, 5) is 24.3. The van der Waals surface area contributed by atoms with Crippen molar-refractivity contribution < 1.29 is 9.59 Å². The third-order valence-electron chi connectivity index (χ3n) is 4.63. The van der Waals surface area contributed by atoms with E-state index in [1.807, 2.05) is 19.1 Å². The van der Waals surface area contributed by atoms with Gasteiger partial charge in [-0.1, -0.05) is 6.07 Å². The van der Waals surface area contributed by atoms with Crippen LogP contribution in [0.15, 0.2) is 18.2 Å². The zero-order valence-corrected chi connectivity index (χ0v) is 13.7. The van der Waals surface area contributed by atoms with Gasteiger partial charge in [-0.2, -0.15) is 0 Å². The van der Waals surface area contributed by atoms with E-state index in [2.05, 4.69) is 16.0 Å². The molecule has 3 rings (SSSR count). The summed E-state index contributed by atoms with van der Waals surface area (Å²) in [6.45, 7) is 4.02. The molecule has 5 nitrogen and oxygen atoms in total. The number of benzene rings is 1. The molecular formula is C18H25N3O2. The summed E-state index contributed by atoms with van der Waals surface area (Å²) in [7, 11) is 0. The summed E-state index contributed by atoms with van der Waals surface area (Å²) in [5.41, 5.74) is 2.32. The zero-order valence-electron chi connectivity index (χ0n) is 13.7. The van der Waals surface area contributed by atoms with E-state index in [0.717, 1.165) is 50.0 Å². The highest BCUT2D eigenvalue weighted by atomic mass is 16.2. The predicted molar refractivity (Wildman–Crippen MR) is 90.5 cm³/mol. The van der Waals surface area contributed by atoms with Crippen molar-refractivity contribution in [3.8, 4) is 0 Å². The number of rotatable bonds is 6. The zero-order chi connectivity index (χ0) is 16.2. The molecule has 1 aliphatic carbocycles. The first kappa shape index (κ1) is 16.0. The minimum absolute atomic E-state index is 0.0275. The Bertz CT molecular complexity index is 590. The molecular weight excluding hydrogens is 290 g/mol. The van der Waals surface area contributed by atoms with Crippen molar-refractivity contribution in [2.45, 2.75) is 45.1 Å². The number of nitrogens with one attached hydrogen (secondary N) is 3. The minimum atomic E-state index is -0.0555. The molecule has 1 heterocycles. The monoisotopic (exact) mass is 315 g/mol. The Morgan fingerprint density at radius 1 is 1.26 bits per heavy atom. The van der Waals surface area contributed by atoms with Gasteiger partial charge in [0.25, 0.3) is 5.91 Å². The molecule has 2 aliphatic rings. The third kappa shape index (κ3) is 4.55. The topological polar surface area (TPSA) is 70.2 Å². The second kappa shape index (κ2) is 7.13. The minimum Gasteiger partial charge on any atom is -0.349 e. The summed E-state index contributed by atoms with van der Waals surface area (Å²) in [5, 5.41) is 9.25. The maximum absolute atomic E-state index is 12.2. The molecule has 1 unspecified atom stereocenters. The fraction of sp³-hybridized carbons (Fsp3) is 0.556. The molecule has 1 saturated heterocycles. The summed E-state index contributed by atoms with van der Waals surface area (Å²) in [5.74, 6) is 0.581. The van der Waals surface area contributed by atoms with Crippen molar-refractivity contribution in [3.05, 3.63) is 29.3 Å². The van der Waals surface area contributed by atoms with Crippen LogP contribution in [0.3, 0.4) is 0 Å². The lowest BCUT2D eigenvalue weighted by Gasteiger charge is -2.12. The number of hydrogen-bond acceptors (Lipinski definition) is 3. The van der Waals surface area contributed by atoms with Gasteiger partial charge < -0.3 is 16.0 Å². The van der Waals surface area contributed by atoms with Gasteiger partial charge >= 0.3 is 0 Å². The second-order valence-corrected chi connectivity index (χ2v) is 6.72. The molecule has 1 aromatic carbocycles. The van der Waals surface area contributed by atoms with Gasteiger partial charge in [-0.15, -0.1) is 0 Å². The molecule has 1 saturated carbocycles. The van der Waals surface area contributed by atoms with E-state index in [1.165, 1.54) is 0 Å². The maximum atomic E-state index is 12.2. The lowest BCUT2D eigenvalue weighted by Crippen LogP contribution is -2.25. The van der Waals surface area contributed by atoms with Crippen molar-refractivity contribution in [1.82, 2.24) is 10.6 Å². The van der Waals surface area contributed by atoms with E-state index in [0.29, 0.717) is 23.9 Å². The van der Waals surface area contributed by atoms with Crippen molar-refractivity contribution in [1.29, 1.82) is 0 Å². The van der Waals surface area contributed by atoms with Gasteiger partial charge in [-0.05, 0) is 69.3 Å². The number of hydrogen-bond donors (Lipinski definition) is 3. The molecule has 0 radical (unpaired) electrons. The van der Waals surface area contributed by atoms with Gasteiger partial charge in [-0.25, -0.2) is 0 Å². The molecule has 1 atom stereocenters. The van der Waals surface area contributed by atoms with Crippen molar-refractivity contribution in [3.63, 3.8) is 0 Å². The fourth-order valence-corrected chi connectivity index (χ4v) is 2.90. The molecule has 1 aromatic rings. The lowest BCUT2D eigenvalue weighted by atomic mass is 10.0. The van der Waals surface area contributed by atoms with Crippen LogP contribution >= 0.6 is 0 Å². The van der Waals surface area contributed by atoms with E-state index in [1.54, 1.807) is 6.07 Å². The van der Waals surface area contributed by atoms with Crippen LogP contribution in [0.4, 0.5) is 5.69 Å². The SMILES string of the molecule is Cc1ccc(C(=O)NC2CC2)cc1NC(=O)CCC1CCNC1. The van der Waals surface area contributed by atoms with E-state index in [4.69, 9.17) is 0 Å². The Labute approximate surface area is 137 Å². The number of anilines is 1. The van der Waals surface area contributed by atoms with Crippen LogP contribution in [0.25, 0.3) is 0 Å². The van der Waals surface area contributed by atoms with Gasteiger partial charge in [0.05, 0.1) is 0 Å². The molecule has 3 N–H and O–H groups in total. The van der Waals surface area contributed by atoms with Crippen molar-refractivity contribution in [2.24, 2.45) is 5.92 Å². The molecule has 0 aromatic heterocycles. The first-order valence-corrected chi connectivity index (χ1v) is 8.54. The van der Waals surface area contributed by atoms with Crippen LogP contribution in [-0.2, 0) is 4.79 Å². The van der Waals surface area contributed by atoms with Crippen LogP contribution in [0.5, 0.6) is 0 Å². The predicted octanol–water partition coefficient (Wildman–Crippen LogP) is 2.22. The standard InChI is InChI=1S/C18H25N3O2/c1-12-2-4-14(18(23)20-15-5-6-15)10-16(12)21-17(22)7-3-13-8-9-19-11-13/h2,4,10,13,15,19H,3,5-9,11H2,1H3,(H,20,23)(H,21,22). The van der Waals surface area contributed by atoms with E-state index in [9.17, 15) is 9.59 Å². The Balaban J connectivity index is 1.56. The number of carbonyl (C=O) groups is 2. The Morgan fingerprint density at radius 3 is 2.78 bits per heavy atom. The highest BCUT2D eigenvalue weighted by molar-refractivity contribution is 5.98. The van der Waals surface area contributed by atoms with Gasteiger partial charge in [0.1, 0.15) is 0 Å². The Morgan fingerprint density at radius 2 is 2.09 bits per heavy atom. The number of carbonyl (C=O) groups excluding carboxylic acids is 2.